The van der Waals surface area contributed by atoms with Gasteiger partial charge in [-0.3, -0.25) is 4.90 Å². The second-order valence-electron chi connectivity index (χ2n) is 5.26. The monoisotopic (exact) mass is 266 g/mol. The van der Waals surface area contributed by atoms with Gasteiger partial charge in [0.05, 0.1) is 0 Å². The molecular weight excluding hydrogens is 244 g/mol. The van der Waals surface area contributed by atoms with Crippen molar-refractivity contribution in [2.45, 2.75) is 19.8 Å². The van der Waals surface area contributed by atoms with Gasteiger partial charge in [0.1, 0.15) is 0 Å². The van der Waals surface area contributed by atoms with Crippen LogP contribution < -0.4 is 4.90 Å². The lowest BCUT2D eigenvalue weighted by atomic mass is 10.0. The Morgan fingerprint density at radius 1 is 1.06 bits per heavy atom. The lowest BCUT2D eigenvalue weighted by Gasteiger charge is -2.35. The number of rotatable bonds is 4. The predicted molar refractivity (Wildman–Crippen MR) is 79.9 cm³/mol. The summed E-state index contributed by atoms with van der Waals surface area (Å²) in [7, 11) is 0. The molecule has 0 atom stereocenters. The van der Waals surface area contributed by atoms with Crippen LogP contribution in [-0.2, 0) is 0 Å². The van der Waals surface area contributed by atoms with Gasteiger partial charge in [-0.05, 0) is 23.6 Å². The number of anilines is 1. The molecule has 1 aromatic rings. The average Bonchev–Trinajstić information content (AvgIpc) is 2.40. The first-order valence-electron chi connectivity index (χ1n) is 6.84. The molecule has 0 saturated carbocycles. The molecule has 1 saturated heterocycles. The van der Waals surface area contributed by atoms with Crippen LogP contribution in [0.1, 0.15) is 25.3 Å². The first kappa shape index (κ1) is 13.7. The smallest absolute Gasteiger partial charge is 0.0367 e. The van der Waals surface area contributed by atoms with Crippen LogP contribution in [0.3, 0.4) is 0 Å². The average molecular weight is 267 g/mol. The van der Waals surface area contributed by atoms with Gasteiger partial charge in [0, 0.05) is 44.3 Å². The summed E-state index contributed by atoms with van der Waals surface area (Å²) in [6.07, 6.45) is 0. The van der Waals surface area contributed by atoms with Gasteiger partial charge in [-0.1, -0.05) is 26.0 Å². The van der Waals surface area contributed by atoms with Crippen molar-refractivity contribution in [3.63, 3.8) is 0 Å². The van der Waals surface area contributed by atoms with Gasteiger partial charge in [-0.25, -0.2) is 0 Å². The third kappa shape index (κ3) is 3.39. The van der Waals surface area contributed by atoms with Crippen molar-refractivity contribution >= 4 is 17.3 Å². The van der Waals surface area contributed by atoms with E-state index in [1.165, 1.54) is 11.3 Å². The topological polar surface area (TPSA) is 6.48 Å². The summed E-state index contributed by atoms with van der Waals surface area (Å²) >= 11 is 5.78. The van der Waals surface area contributed by atoms with E-state index in [1.54, 1.807) is 0 Å². The van der Waals surface area contributed by atoms with Crippen molar-refractivity contribution in [2.75, 3.05) is 43.5 Å². The third-order valence-electron chi connectivity index (χ3n) is 3.70. The van der Waals surface area contributed by atoms with Crippen molar-refractivity contribution in [2.24, 2.45) is 0 Å². The molecule has 0 radical (unpaired) electrons. The van der Waals surface area contributed by atoms with E-state index in [9.17, 15) is 0 Å². The Kier molecular flexibility index (Phi) is 4.90. The molecule has 0 amide bonds. The van der Waals surface area contributed by atoms with Gasteiger partial charge in [-0.15, -0.1) is 11.6 Å². The van der Waals surface area contributed by atoms with Crippen LogP contribution in [0.25, 0.3) is 0 Å². The van der Waals surface area contributed by atoms with E-state index in [-0.39, 0.29) is 0 Å². The summed E-state index contributed by atoms with van der Waals surface area (Å²) in [6, 6.07) is 9.02. The van der Waals surface area contributed by atoms with Crippen molar-refractivity contribution in [3.8, 4) is 0 Å². The number of benzene rings is 1. The van der Waals surface area contributed by atoms with Gasteiger partial charge in [0.25, 0.3) is 0 Å². The van der Waals surface area contributed by atoms with Crippen LogP contribution in [0.15, 0.2) is 24.3 Å². The zero-order valence-corrected chi connectivity index (χ0v) is 12.2. The fourth-order valence-electron chi connectivity index (χ4n) is 2.42. The molecule has 0 bridgehead atoms. The maximum absolute atomic E-state index is 5.78. The van der Waals surface area contributed by atoms with E-state index in [4.69, 9.17) is 11.6 Å². The first-order valence-corrected chi connectivity index (χ1v) is 7.37. The summed E-state index contributed by atoms with van der Waals surface area (Å²) in [6.45, 7) is 9.95. The summed E-state index contributed by atoms with van der Waals surface area (Å²) < 4.78 is 0. The lowest BCUT2D eigenvalue weighted by Crippen LogP contribution is -2.46. The van der Waals surface area contributed by atoms with Crippen LogP contribution in [0.2, 0.25) is 0 Å². The largest absolute Gasteiger partial charge is 0.369 e. The number of hydrogen-bond donors (Lipinski definition) is 0. The molecule has 0 aliphatic carbocycles. The molecule has 2 rings (SSSR count). The molecule has 0 aromatic heterocycles. The summed E-state index contributed by atoms with van der Waals surface area (Å²) in [5.41, 5.74) is 2.77. The fourth-order valence-corrected chi connectivity index (χ4v) is 2.66. The highest BCUT2D eigenvalue weighted by Gasteiger charge is 2.16. The molecule has 100 valence electrons. The summed E-state index contributed by atoms with van der Waals surface area (Å²) in [4.78, 5) is 4.90. The highest BCUT2D eigenvalue weighted by atomic mass is 35.5. The minimum atomic E-state index is 0.611. The van der Waals surface area contributed by atoms with Crippen LogP contribution in [0.5, 0.6) is 0 Å². The highest BCUT2D eigenvalue weighted by molar-refractivity contribution is 6.18. The number of halogens is 1. The zero-order valence-electron chi connectivity index (χ0n) is 11.4. The van der Waals surface area contributed by atoms with Gasteiger partial charge in [0.15, 0.2) is 0 Å². The minimum absolute atomic E-state index is 0.611. The molecule has 0 unspecified atom stereocenters. The van der Waals surface area contributed by atoms with Crippen molar-refractivity contribution in [1.82, 2.24) is 4.90 Å². The van der Waals surface area contributed by atoms with Gasteiger partial charge in [-0.2, -0.15) is 0 Å². The van der Waals surface area contributed by atoms with Crippen LogP contribution in [-0.4, -0.2) is 43.5 Å². The normalized spacial score (nSPS) is 17.4. The molecular formula is C15H23ClN2. The molecule has 1 aliphatic heterocycles. The minimum Gasteiger partial charge on any atom is -0.369 e. The molecule has 3 heteroatoms. The maximum Gasteiger partial charge on any atom is 0.0367 e. The summed E-state index contributed by atoms with van der Waals surface area (Å²) in [5.74, 6) is 1.35. The Balaban J connectivity index is 1.93. The molecule has 0 spiro atoms. The van der Waals surface area contributed by atoms with E-state index in [0.29, 0.717) is 5.92 Å². The number of hydrogen-bond acceptors (Lipinski definition) is 2. The summed E-state index contributed by atoms with van der Waals surface area (Å²) in [5, 5.41) is 0. The molecule has 1 heterocycles. The SMILES string of the molecule is CC(C)c1ccc(N2CCN(CCCl)CC2)cc1. The Morgan fingerprint density at radius 3 is 2.17 bits per heavy atom. The molecule has 0 N–H and O–H groups in total. The third-order valence-corrected chi connectivity index (χ3v) is 3.87. The zero-order chi connectivity index (χ0) is 13.0. The number of alkyl halides is 1. The Bertz CT molecular complexity index is 353. The Morgan fingerprint density at radius 2 is 1.67 bits per heavy atom. The Labute approximate surface area is 116 Å². The lowest BCUT2D eigenvalue weighted by molar-refractivity contribution is 0.272. The van der Waals surface area contributed by atoms with E-state index in [2.05, 4.69) is 47.9 Å². The second kappa shape index (κ2) is 6.44. The van der Waals surface area contributed by atoms with E-state index < -0.39 is 0 Å². The van der Waals surface area contributed by atoms with Crippen molar-refractivity contribution < 1.29 is 0 Å². The molecule has 1 aliphatic rings. The molecule has 1 aromatic carbocycles. The van der Waals surface area contributed by atoms with E-state index in [0.717, 1.165) is 38.6 Å². The van der Waals surface area contributed by atoms with E-state index >= 15 is 0 Å². The molecule has 2 nitrogen and oxygen atoms in total. The van der Waals surface area contributed by atoms with Crippen LogP contribution >= 0.6 is 11.6 Å². The number of nitrogens with zero attached hydrogens (tertiary/aromatic N) is 2. The van der Waals surface area contributed by atoms with Gasteiger partial charge < -0.3 is 4.90 Å². The molecule has 18 heavy (non-hydrogen) atoms. The van der Waals surface area contributed by atoms with Crippen LogP contribution in [0.4, 0.5) is 5.69 Å². The highest BCUT2D eigenvalue weighted by Crippen LogP contribution is 2.21. The molecule has 1 fully saturated rings. The Hall–Kier alpha value is -0.730. The second-order valence-corrected chi connectivity index (χ2v) is 5.64. The van der Waals surface area contributed by atoms with Crippen molar-refractivity contribution in [1.29, 1.82) is 0 Å². The number of piperazine rings is 1. The van der Waals surface area contributed by atoms with Crippen LogP contribution in [0, 0.1) is 0 Å². The van der Waals surface area contributed by atoms with Crippen molar-refractivity contribution in [3.05, 3.63) is 29.8 Å². The predicted octanol–water partition coefficient (Wildman–Crippen LogP) is 3.17. The first-order chi connectivity index (χ1) is 8.70. The van der Waals surface area contributed by atoms with E-state index in [1.807, 2.05) is 0 Å². The standard InChI is InChI=1S/C15H23ClN2/c1-13(2)14-3-5-15(6-4-14)18-11-9-17(8-7-16)10-12-18/h3-6,13H,7-12H2,1-2H3. The van der Waals surface area contributed by atoms with Gasteiger partial charge >= 0.3 is 0 Å². The van der Waals surface area contributed by atoms with Gasteiger partial charge in [0.2, 0.25) is 0 Å². The fraction of sp³-hybridized carbons (Fsp3) is 0.600. The maximum atomic E-state index is 5.78. The quantitative estimate of drug-likeness (QED) is 0.773.